The van der Waals surface area contributed by atoms with Gasteiger partial charge in [0.2, 0.25) is 10.0 Å². The summed E-state index contributed by atoms with van der Waals surface area (Å²) < 4.78 is 22.5. The molecule has 0 bridgehead atoms. The van der Waals surface area contributed by atoms with Gasteiger partial charge >= 0.3 is 0 Å². The maximum absolute atomic E-state index is 11.2. The van der Waals surface area contributed by atoms with Crippen LogP contribution in [0.25, 0.3) is 10.6 Å². The third-order valence-electron chi connectivity index (χ3n) is 1.83. The number of nitrogens with two attached hydrogens (primary N) is 1. The highest BCUT2D eigenvalue weighted by Crippen LogP contribution is 2.30. The summed E-state index contributed by atoms with van der Waals surface area (Å²) in [5.74, 6) is 0. The van der Waals surface area contributed by atoms with Crippen molar-refractivity contribution in [1.29, 1.82) is 0 Å². The predicted octanol–water partition coefficient (Wildman–Crippen LogP) is 1.46. The first-order valence-corrected chi connectivity index (χ1v) is 6.53. The summed E-state index contributed by atoms with van der Waals surface area (Å²) in [6.45, 7) is 0. The zero-order chi connectivity index (χ0) is 10.9. The van der Waals surface area contributed by atoms with Crippen molar-refractivity contribution in [3.05, 3.63) is 35.8 Å². The van der Waals surface area contributed by atoms with Gasteiger partial charge in [-0.3, -0.25) is 4.98 Å². The Morgan fingerprint density at radius 3 is 2.67 bits per heavy atom. The molecule has 0 unspecified atom stereocenters. The van der Waals surface area contributed by atoms with E-state index in [1.807, 2.05) is 0 Å². The van der Waals surface area contributed by atoms with Gasteiger partial charge in [0.15, 0.2) is 0 Å². The van der Waals surface area contributed by atoms with Gasteiger partial charge < -0.3 is 0 Å². The number of sulfonamides is 1. The van der Waals surface area contributed by atoms with E-state index in [-0.39, 0.29) is 4.90 Å². The molecule has 2 rings (SSSR count). The number of pyridine rings is 1. The van der Waals surface area contributed by atoms with E-state index in [0.717, 1.165) is 0 Å². The smallest absolute Gasteiger partial charge is 0.239 e. The summed E-state index contributed by atoms with van der Waals surface area (Å²) in [6, 6.07) is 6.81. The Kier molecular flexibility index (Phi) is 2.56. The molecule has 0 fully saturated rings. The normalized spacial score (nSPS) is 11.5. The van der Waals surface area contributed by atoms with Gasteiger partial charge in [0.1, 0.15) is 4.90 Å². The monoisotopic (exact) mass is 240 g/mol. The lowest BCUT2D eigenvalue weighted by molar-refractivity contribution is 0.598. The minimum Gasteiger partial charge on any atom is -0.255 e. The predicted molar refractivity (Wildman–Crippen MR) is 58.9 cm³/mol. The van der Waals surface area contributed by atoms with Crippen molar-refractivity contribution in [1.82, 2.24) is 4.98 Å². The summed E-state index contributed by atoms with van der Waals surface area (Å²) in [5, 5.41) is 6.77. The number of hydrogen-bond acceptors (Lipinski definition) is 4. The van der Waals surface area contributed by atoms with E-state index in [9.17, 15) is 8.42 Å². The Morgan fingerprint density at radius 2 is 2.07 bits per heavy atom. The first-order chi connectivity index (χ1) is 7.09. The van der Waals surface area contributed by atoms with Gasteiger partial charge in [-0.05, 0) is 23.6 Å². The second kappa shape index (κ2) is 3.73. The van der Waals surface area contributed by atoms with Crippen LogP contribution in [-0.4, -0.2) is 13.4 Å². The number of rotatable bonds is 2. The number of primary sulfonamides is 1. The van der Waals surface area contributed by atoms with Crippen molar-refractivity contribution in [2.24, 2.45) is 5.14 Å². The van der Waals surface area contributed by atoms with Gasteiger partial charge in [-0.25, -0.2) is 13.6 Å². The Morgan fingerprint density at radius 1 is 1.27 bits per heavy atom. The Labute approximate surface area is 91.4 Å². The summed E-state index contributed by atoms with van der Waals surface area (Å²) >= 11 is 1.31. The highest BCUT2D eigenvalue weighted by Gasteiger charge is 2.16. The molecule has 0 saturated carbocycles. The van der Waals surface area contributed by atoms with Crippen molar-refractivity contribution in [2.75, 3.05) is 0 Å². The summed E-state index contributed by atoms with van der Waals surface area (Å²) in [6.07, 6.45) is 1.61. The summed E-state index contributed by atoms with van der Waals surface area (Å²) in [5.41, 5.74) is 0.622. The van der Waals surface area contributed by atoms with E-state index in [1.165, 1.54) is 17.4 Å². The van der Waals surface area contributed by atoms with Crippen LogP contribution in [0.5, 0.6) is 0 Å². The molecule has 0 saturated heterocycles. The maximum Gasteiger partial charge on any atom is 0.239 e. The standard InChI is InChI=1S/C9H8N2O2S2/c10-15(12,13)8-4-6-14-9(8)7-3-1-2-5-11-7/h1-6H,(H2,10,12,13). The zero-order valence-corrected chi connectivity index (χ0v) is 9.25. The highest BCUT2D eigenvalue weighted by atomic mass is 32.2. The van der Waals surface area contributed by atoms with E-state index in [4.69, 9.17) is 5.14 Å². The lowest BCUT2D eigenvalue weighted by Crippen LogP contribution is -2.12. The molecule has 2 aromatic rings. The number of thiophene rings is 1. The fourth-order valence-corrected chi connectivity index (χ4v) is 3.17. The third kappa shape index (κ3) is 2.06. The average molecular weight is 240 g/mol. The lowest BCUT2D eigenvalue weighted by atomic mass is 10.3. The molecule has 0 aliphatic rings. The Hall–Kier alpha value is -1.24. The van der Waals surface area contributed by atoms with Gasteiger partial charge in [-0.15, -0.1) is 11.3 Å². The number of aromatic nitrogens is 1. The number of hydrogen-bond donors (Lipinski definition) is 1. The molecule has 0 spiro atoms. The second-order valence-corrected chi connectivity index (χ2v) is 5.32. The van der Waals surface area contributed by atoms with Crippen LogP contribution < -0.4 is 5.14 Å². The molecule has 15 heavy (non-hydrogen) atoms. The quantitative estimate of drug-likeness (QED) is 0.863. The molecule has 0 radical (unpaired) electrons. The van der Waals surface area contributed by atoms with E-state index in [1.54, 1.807) is 29.8 Å². The zero-order valence-electron chi connectivity index (χ0n) is 7.62. The topological polar surface area (TPSA) is 73.1 Å². The molecule has 0 atom stereocenters. The molecule has 0 aromatic carbocycles. The van der Waals surface area contributed by atoms with Gasteiger partial charge in [-0.1, -0.05) is 6.07 Å². The SMILES string of the molecule is NS(=O)(=O)c1ccsc1-c1ccccn1. The van der Waals surface area contributed by atoms with Crippen LogP contribution in [-0.2, 0) is 10.0 Å². The van der Waals surface area contributed by atoms with Crippen molar-refractivity contribution >= 4 is 21.4 Å². The molecule has 6 heteroatoms. The van der Waals surface area contributed by atoms with Crippen molar-refractivity contribution in [3.63, 3.8) is 0 Å². The first kappa shape index (κ1) is 10.3. The van der Waals surface area contributed by atoms with Crippen LogP contribution in [0.15, 0.2) is 40.7 Å². The van der Waals surface area contributed by atoms with Crippen LogP contribution in [0.3, 0.4) is 0 Å². The number of nitrogens with zero attached hydrogens (tertiary/aromatic N) is 1. The van der Waals surface area contributed by atoms with Gasteiger partial charge in [0.25, 0.3) is 0 Å². The first-order valence-electron chi connectivity index (χ1n) is 4.11. The third-order valence-corrected chi connectivity index (χ3v) is 3.85. The van der Waals surface area contributed by atoms with E-state index in [0.29, 0.717) is 10.6 Å². The van der Waals surface area contributed by atoms with Crippen LogP contribution in [0.1, 0.15) is 0 Å². The van der Waals surface area contributed by atoms with Crippen LogP contribution in [0.2, 0.25) is 0 Å². The molecular weight excluding hydrogens is 232 g/mol. The lowest BCUT2D eigenvalue weighted by Gasteiger charge is -1.99. The Balaban J connectivity index is 2.61. The largest absolute Gasteiger partial charge is 0.255 e. The summed E-state index contributed by atoms with van der Waals surface area (Å²) in [4.78, 5) is 4.80. The second-order valence-electron chi connectivity index (χ2n) is 2.87. The highest BCUT2D eigenvalue weighted by molar-refractivity contribution is 7.89. The van der Waals surface area contributed by atoms with Crippen molar-refractivity contribution in [2.45, 2.75) is 4.90 Å². The van der Waals surface area contributed by atoms with E-state index >= 15 is 0 Å². The van der Waals surface area contributed by atoms with Crippen molar-refractivity contribution < 1.29 is 8.42 Å². The van der Waals surface area contributed by atoms with E-state index in [2.05, 4.69) is 4.98 Å². The van der Waals surface area contributed by atoms with Crippen LogP contribution in [0.4, 0.5) is 0 Å². The fraction of sp³-hybridized carbons (Fsp3) is 0. The minimum atomic E-state index is -3.67. The molecule has 0 amide bonds. The maximum atomic E-state index is 11.2. The minimum absolute atomic E-state index is 0.131. The molecule has 78 valence electrons. The average Bonchev–Trinajstić information content (AvgIpc) is 2.67. The summed E-state index contributed by atoms with van der Waals surface area (Å²) in [7, 11) is -3.67. The van der Waals surface area contributed by atoms with Gasteiger partial charge in [0.05, 0.1) is 10.6 Å². The molecule has 0 aliphatic carbocycles. The molecule has 0 aliphatic heterocycles. The van der Waals surface area contributed by atoms with Crippen LogP contribution in [0, 0.1) is 0 Å². The van der Waals surface area contributed by atoms with Gasteiger partial charge in [0, 0.05) is 6.20 Å². The molecule has 4 nitrogen and oxygen atoms in total. The van der Waals surface area contributed by atoms with E-state index < -0.39 is 10.0 Å². The van der Waals surface area contributed by atoms with Gasteiger partial charge in [-0.2, -0.15) is 0 Å². The fourth-order valence-electron chi connectivity index (χ4n) is 1.21. The Bertz CT molecular complexity index is 561. The van der Waals surface area contributed by atoms with Crippen molar-refractivity contribution in [3.8, 4) is 10.6 Å². The molecule has 2 aromatic heterocycles. The molecule has 2 N–H and O–H groups in total. The van der Waals surface area contributed by atoms with Crippen LogP contribution >= 0.6 is 11.3 Å². The molecular formula is C9H8N2O2S2. The molecule has 2 heterocycles.